The highest BCUT2D eigenvalue weighted by Gasteiger charge is 2.45. The zero-order chi connectivity index (χ0) is 19.4. The molecule has 2 aliphatic heterocycles. The first kappa shape index (κ1) is 20.4. The van der Waals surface area contributed by atoms with Gasteiger partial charge < -0.3 is 14.5 Å². The second kappa shape index (κ2) is 9.26. The van der Waals surface area contributed by atoms with E-state index in [1.807, 2.05) is 12.1 Å². The van der Waals surface area contributed by atoms with Crippen molar-refractivity contribution in [1.82, 2.24) is 4.90 Å². The number of halogens is 2. The van der Waals surface area contributed by atoms with E-state index in [1.54, 1.807) is 13.1 Å². The molecule has 0 aromatic heterocycles. The van der Waals surface area contributed by atoms with Crippen molar-refractivity contribution < 1.29 is 14.4 Å². The average molecular weight is 413 g/mol. The number of fused-ring (bicyclic) bond motifs is 2. The van der Waals surface area contributed by atoms with Gasteiger partial charge in [0.1, 0.15) is 0 Å². The van der Waals surface area contributed by atoms with Gasteiger partial charge in [-0.3, -0.25) is 0 Å². The van der Waals surface area contributed by atoms with Crippen molar-refractivity contribution in [2.45, 2.75) is 50.6 Å². The van der Waals surface area contributed by atoms with Crippen LogP contribution in [-0.4, -0.2) is 49.4 Å². The highest BCUT2D eigenvalue weighted by Crippen LogP contribution is 2.47. The molecule has 4 atom stereocenters. The molecule has 5 nitrogen and oxygen atoms in total. The number of esters is 1. The molecule has 2 aliphatic rings. The number of nitrogens with zero attached hydrogens (tertiary/aromatic N) is 2. The lowest BCUT2D eigenvalue weighted by molar-refractivity contribution is -0.148. The second-order valence-electron chi connectivity index (χ2n) is 7.25. The largest absolute Gasteiger partial charge is 0.463 e. The molecule has 3 rings (SSSR count). The van der Waals surface area contributed by atoms with Crippen molar-refractivity contribution in [3.8, 4) is 0 Å². The van der Waals surface area contributed by atoms with Gasteiger partial charge in [-0.05, 0) is 69.2 Å². The summed E-state index contributed by atoms with van der Waals surface area (Å²) in [5.74, 6) is 0.422. The first-order valence-electron chi connectivity index (χ1n) is 9.47. The van der Waals surface area contributed by atoms with Gasteiger partial charge in [-0.1, -0.05) is 34.4 Å². The predicted molar refractivity (Wildman–Crippen MR) is 108 cm³/mol. The monoisotopic (exact) mass is 412 g/mol. The smallest absolute Gasteiger partial charge is 0.347 e. The van der Waals surface area contributed by atoms with Crippen LogP contribution >= 0.6 is 23.2 Å². The first-order valence-corrected chi connectivity index (χ1v) is 10.2. The van der Waals surface area contributed by atoms with E-state index >= 15 is 0 Å². The number of carbonyl (C=O) groups is 1. The van der Waals surface area contributed by atoms with Crippen LogP contribution < -0.4 is 0 Å². The summed E-state index contributed by atoms with van der Waals surface area (Å²) in [7, 11) is 2.22. The minimum atomic E-state index is -0.403. The van der Waals surface area contributed by atoms with Crippen LogP contribution in [-0.2, 0) is 14.4 Å². The highest BCUT2D eigenvalue weighted by atomic mass is 35.5. The third kappa shape index (κ3) is 4.76. The van der Waals surface area contributed by atoms with Gasteiger partial charge in [0.05, 0.1) is 16.7 Å². The van der Waals surface area contributed by atoms with Gasteiger partial charge >= 0.3 is 5.97 Å². The van der Waals surface area contributed by atoms with E-state index < -0.39 is 5.97 Å². The Morgan fingerprint density at radius 2 is 2.15 bits per heavy atom. The molecule has 0 radical (unpaired) electrons. The summed E-state index contributed by atoms with van der Waals surface area (Å²) < 4.78 is 4.82. The Bertz CT molecular complexity index is 698. The van der Waals surface area contributed by atoms with Crippen molar-refractivity contribution in [1.29, 1.82) is 0 Å². The van der Waals surface area contributed by atoms with Gasteiger partial charge in [-0.25, -0.2) is 4.79 Å². The van der Waals surface area contributed by atoms with Gasteiger partial charge in [-0.2, -0.15) is 0 Å². The minimum Gasteiger partial charge on any atom is -0.463 e. The number of hydrogen-bond donors (Lipinski definition) is 0. The molecule has 2 bridgehead atoms. The van der Waals surface area contributed by atoms with Crippen LogP contribution in [0, 0.1) is 5.92 Å². The summed E-state index contributed by atoms with van der Waals surface area (Å²) in [5.41, 5.74) is 1.24. The normalized spacial score (nSPS) is 27.9. The summed E-state index contributed by atoms with van der Waals surface area (Å²) in [6.07, 6.45) is 6.09. The molecular formula is C20H26Cl2N2O3. The number of rotatable bonds is 7. The number of piperidine rings is 1. The van der Waals surface area contributed by atoms with Crippen LogP contribution in [0.15, 0.2) is 23.4 Å². The van der Waals surface area contributed by atoms with Gasteiger partial charge in [0.2, 0.25) is 6.61 Å². The fourth-order valence-electron chi connectivity index (χ4n) is 4.54. The maximum absolute atomic E-state index is 11.3. The quantitative estimate of drug-likeness (QED) is 0.375. The van der Waals surface area contributed by atoms with Crippen LogP contribution in [0.5, 0.6) is 0 Å². The van der Waals surface area contributed by atoms with Crippen molar-refractivity contribution in [3.05, 3.63) is 33.8 Å². The lowest BCUT2D eigenvalue weighted by atomic mass is 9.75. The molecule has 2 fully saturated rings. The standard InChI is InChI=1S/C20H26Cl2N2O3/c1-3-26-20(25)12-27-23-9-8-15-16(11-14-5-7-19(15)24(14)2)13-4-6-17(21)18(22)10-13/h4,6,9-10,14-16,19H,3,5,7-8,11-12H2,1-2H3/b23-9+/t14?,15-,16-,19?/m1/s1. The van der Waals surface area contributed by atoms with Gasteiger partial charge in [0.25, 0.3) is 0 Å². The Morgan fingerprint density at radius 1 is 1.33 bits per heavy atom. The molecule has 0 spiro atoms. The van der Waals surface area contributed by atoms with E-state index in [0.29, 0.717) is 40.6 Å². The first-order chi connectivity index (χ1) is 13.0. The maximum atomic E-state index is 11.3. The van der Waals surface area contributed by atoms with Crippen LogP contribution in [0.1, 0.15) is 44.1 Å². The van der Waals surface area contributed by atoms with Crippen molar-refractivity contribution in [2.24, 2.45) is 11.1 Å². The molecule has 2 heterocycles. The van der Waals surface area contributed by atoms with E-state index in [4.69, 9.17) is 32.8 Å². The molecule has 148 valence electrons. The number of ether oxygens (including phenoxy) is 1. The highest BCUT2D eigenvalue weighted by molar-refractivity contribution is 6.42. The van der Waals surface area contributed by atoms with Crippen molar-refractivity contribution in [2.75, 3.05) is 20.3 Å². The summed E-state index contributed by atoms with van der Waals surface area (Å²) in [5, 5.41) is 5.15. The molecule has 2 unspecified atom stereocenters. The molecule has 27 heavy (non-hydrogen) atoms. The Morgan fingerprint density at radius 3 is 2.89 bits per heavy atom. The van der Waals surface area contributed by atoms with Crippen LogP contribution in [0.4, 0.5) is 0 Å². The van der Waals surface area contributed by atoms with Gasteiger partial charge in [0.15, 0.2) is 0 Å². The second-order valence-corrected chi connectivity index (χ2v) is 8.06. The van der Waals surface area contributed by atoms with Crippen LogP contribution in [0.25, 0.3) is 0 Å². The van der Waals surface area contributed by atoms with E-state index in [1.165, 1.54) is 18.4 Å². The SMILES string of the molecule is CCOC(=O)CO/N=C/C[C@H]1C2CCC(C[C@@H]1c1ccc(Cl)c(Cl)c1)N2C. The fraction of sp³-hybridized carbons (Fsp3) is 0.600. The molecule has 0 N–H and O–H groups in total. The molecule has 7 heteroatoms. The maximum Gasteiger partial charge on any atom is 0.347 e. The topological polar surface area (TPSA) is 51.1 Å². The average Bonchev–Trinajstić information content (AvgIpc) is 2.88. The summed E-state index contributed by atoms with van der Waals surface area (Å²) in [4.78, 5) is 18.9. The summed E-state index contributed by atoms with van der Waals surface area (Å²) >= 11 is 12.4. The lowest BCUT2D eigenvalue weighted by Gasteiger charge is -2.43. The third-order valence-corrected chi connectivity index (χ3v) is 6.56. The molecule has 0 saturated carbocycles. The zero-order valence-electron chi connectivity index (χ0n) is 15.7. The number of oxime groups is 1. The molecule has 1 aromatic rings. The third-order valence-electron chi connectivity index (χ3n) is 5.82. The molecule has 0 aliphatic carbocycles. The number of benzene rings is 1. The molecule has 1 aromatic carbocycles. The van der Waals surface area contributed by atoms with Crippen molar-refractivity contribution in [3.63, 3.8) is 0 Å². The fourth-order valence-corrected chi connectivity index (χ4v) is 4.84. The Balaban J connectivity index is 1.68. The van der Waals surface area contributed by atoms with Crippen LogP contribution in [0.3, 0.4) is 0 Å². The summed E-state index contributed by atoms with van der Waals surface area (Å²) in [6, 6.07) is 7.10. The molecule has 0 amide bonds. The Kier molecular flexibility index (Phi) is 7.01. The number of carbonyl (C=O) groups excluding carboxylic acids is 1. The van der Waals surface area contributed by atoms with E-state index in [-0.39, 0.29) is 6.61 Å². The van der Waals surface area contributed by atoms with E-state index in [0.717, 1.165) is 12.8 Å². The Hall–Kier alpha value is -1.30. The van der Waals surface area contributed by atoms with E-state index in [9.17, 15) is 4.79 Å². The van der Waals surface area contributed by atoms with E-state index in [2.05, 4.69) is 23.2 Å². The predicted octanol–water partition coefficient (Wildman–Crippen LogP) is 4.52. The minimum absolute atomic E-state index is 0.156. The number of hydrogen-bond acceptors (Lipinski definition) is 5. The van der Waals surface area contributed by atoms with Gasteiger partial charge in [-0.15, -0.1) is 0 Å². The summed E-state index contributed by atoms with van der Waals surface area (Å²) in [6.45, 7) is 1.95. The molecular weight excluding hydrogens is 387 g/mol. The zero-order valence-corrected chi connectivity index (χ0v) is 17.2. The lowest BCUT2D eigenvalue weighted by Crippen LogP contribution is -2.45. The molecule has 2 saturated heterocycles. The Labute approximate surface area is 170 Å². The van der Waals surface area contributed by atoms with Crippen LogP contribution in [0.2, 0.25) is 10.0 Å². The van der Waals surface area contributed by atoms with Gasteiger partial charge in [0, 0.05) is 18.3 Å². The van der Waals surface area contributed by atoms with Crippen molar-refractivity contribution >= 4 is 35.4 Å².